The lowest BCUT2D eigenvalue weighted by molar-refractivity contribution is -0.174. The summed E-state index contributed by atoms with van der Waals surface area (Å²) in [6.45, 7) is 1.34. The smallest absolute Gasteiger partial charge is 0.342 e. The van der Waals surface area contributed by atoms with Gasteiger partial charge in [0.25, 0.3) is 9.05 Å². The molecule has 0 spiro atoms. The van der Waals surface area contributed by atoms with Gasteiger partial charge in [0.15, 0.2) is 0 Å². The first-order chi connectivity index (χ1) is 8.51. The van der Waals surface area contributed by atoms with Crippen molar-refractivity contribution < 1.29 is 26.4 Å². The number of halogens is 4. The van der Waals surface area contributed by atoms with Gasteiger partial charge in [-0.1, -0.05) is 12.1 Å². The summed E-state index contributed by atoms with van der Waals surface area (Å²) in [5.74, 6) is -2.06. The molecule has 1 rings (SSSR count). The van der Waals surface area contributed by atoms with Crippen molar-refractivity contribution in [3.8, 4) is 0 Å². The number of carbonyl (C=O) groups is 1. The molecule has 1 amide bonds. The molecule has 106 valence electrons. The second kappa shape index (κ2) is 5.38. The molecule has 0 saturated carbocycles. The minimum Gasteiger partial charge on any atom is -0.342 e. The van der Waals surface area contributed by atoms with Crippen molar-refractivity contribution in [1.82, 2.24) is 5.32 Å². The quantitative estimate of drug-likeness (QED) is 0.871. The van der Waals surface area contributed by atoms with Gasteiger partial charge in [-0.15, -0.1) is 0 Å². The molecule has 0 fully saturated rings. The van der Waals surface area contributed by atoms with Crippen molar-refractivity contribution in [1.29, 1.82) is 0 Å². The Kier molecular flexibility index (Phi) is 4.46. The van der Waals surface area contributed by atoms with E-state index in [9.17, 15) is 26.4 Å². The summed E-state index contributed by atoms with van der Waals surface area (Å²) in [5.41, 5.74) is 0.321. The van der Waals surface area contributed by atoms with Crippen LogP contribution in [0.2, 0.25) is 0 Å². The molecule has 0 aliphatic heterocycles. The van der Waals surface area contributed by atoms with E-state index in [2.05, 4.69) is 0 Å². The highest BCUT2D eigenvalue weighted by Crippen LogP contribution is 2.21. The summed E-state index contributed by atoms with van der Waals surface area (Å²) in [6.07, 6.45) is -4.96. The first-order valence-electron chi connectivity index (χ1n) is 4.94. The molecule has 19 heavy (non-hydrogen) atoms. The lowest BCUT2D eigenvalue weighted by Crippen LogP contribution is -2.38. The SMILES string of the molecule is CC(NC(=O)C(F)(F)F)c1ccc(S(=O)(=O)Cl)cc1. The highest BCUT2D eigenvalue weighted by molar-refractivity contribution is 8.13. The molecule has 4 nitrogen and oxygen atoms in total. The Bertz CT molecular complexity index is 569. The number of benzene rings is 1. The third-order valence-electron chi connectivity index (χ3n) is 2.27. The van der Waals surface area contributed by atoms with Crippen molar-refractivity contribution in [3.05, 3.63) is 29.8 Å². The van der Waals surface area contributed by atoms with Crippen LogP contribution in [0, 0.1) is 0 Å². The molecule has 1 aromatic rings. The first-order valence-corrected chi connectivity index (χ1v) is 7.25. The molecule has 9 heteroatoms. The minimum atomic E-state index is -4.96. The Morgan fingerprint density at radius 3 is 2.11 bits per heavy atom. The van der Waals surface area contributed by atoms with Gasteiger partial charge in [-0.2, -0.15) is 13.2 Å². The molecule has 1 atom stereocenters. The molecular formula is C10H9ClF3NO3S. The van der Waals surface area contributed by atoms with Crippen LogP contribution in [0.4, 0.5) is 13.2 Å². The molecular weight excluding hydrogens is 307 g/mol. The number of rotatable bonds is 3. The predicted octanol–water partition coefficient (Wildman–Crippen LogP) is 2.35. The molecule has 1 unspecified atom stereocenters. The van der Waals surface area contributed by atoms with Crippen molar-refractivity contribution in [2.24, 2.45) is 0 Å². The summed E-state index contributed by atoms with van der Waals surface area (Å²) in [4.78, 5) is 10.5. The monoisotopic (exact) mass is 315 g/mol. The van der Waals surface area contributed by atoms with Crippen LogP contribution in [0.3, 0.4) is 0 Å². The van der Waals surface area contributed by atoms with Crippen LogP contribution in [0.15, 0.2) is 29.2 Å². The van der Waals surface area contributed by atoms with Gasteiger partial charge in [0.1, 0.15) is 0 Å². The maximum atomic E-state index is 12.0. The van der Waals surface area contributed by atoms with Gasteiger partial charge in [0.2, 0.25) is 0 Å². The fourth-order valence-electron chi connectivity index (χ4n) is 1.28. The van der Waals surface area contributed by atoms with Crippen LogP contribution < -0.4 is 5.32 Å². The van der Waals surface area contributed by atoms with E-state index in [4.69, 9.17) is 10.7 Å². The van der Waals surface area contributed by atoms with E-state index in [0.717, 1.165) is 12.1 Å². The average molecular weight is 316 g/mol. The molecule has 0 aromatic heterocycles. The third-order valence-corrected chi connectivity index (χ3v) is 3.64. The molecule has 0 saturated heterocycles. The summed E-state index contributed by atoms with van der Waals surface area (Å²) in [7, 11) is 1.20. The Morgan fingerprint density at radius 2 is 1.74 bits per heavy atom. The van der Waals surface area contributed by atoms with Gasteiger partial charge >= 0.3 is 12.1 Å². The van der Waals surface area contributed by atoms with Crippen LogP contribution in [-0.2, 0) is 13.8 Å². The lowest BCUT2D eigenvalue weighted by Gasteiger charge is -2.15. The van der Waals surface area contributed by atoms with Gasteiger partial charge in [-0.3, -0.25) is 4.79 Å². The highest BCUT2D eigenvalue weighted by Gasteiger charge is 2.39. The van der Waals surface area contributed by atoms with Crippen LogP contribution in [0.25, 0.3) is 0 Å². The number of carbonyl (C=O) groups excluding carboxylic acids is 1. The van der Waals surface area contributed by atoms with Gasteiger partial charge < -0.3 is 5.32 Å². The fraction of sp³-hybridized carbons (Fsp3) is 0.300. The number of amides is 1. The molecule has 0 aliphatic rings. The van der Waals surface area contributed by atoms with E-state index in [0.29, 0.717) is 5.56 Å². The standard InChI is InChI=1S/C10H9ClF3NO3S/c1-6(15-9(16)10(12,13)14)7-2-4-8(5-3-7)19(11,17)18/h2-6H,1H3,(H,15,16). The summed E-state index contributed by atoms with van der Waals surface area (Å²) in [6, 6.07) is 3.93. The lowest BCUT2D eigenvalue weighted by atomic mass is 10.1. The molecule has 0 aliphatic carbocycles. The van der Waals surface area contributed by atoms with E-state index >= 15 is 0 Å². The van der Waals surface area contributed by atoms with Crippen molar-refractivity contribution in [2.45, 2.75) is 24.0 Å². The van der Waals surface area contributed by atoms with Crippen molar-refractivity contribution in [2.75, 3.05) is 0 Å². The van der Waals surface area contributed by atoms with Crippen LogP contribution in [-0.4, -0.2) is 20.5 Å². The first kappa shape index (κ1) is 15.8. The van der Waals surface area contributed by atoms with Gasteiger partial charge in [0.05, 0.1) is 10.9 Å². The maximum absolute atomic E-state index is 12.0. The zero-order valence-corrected chi connectivity index (χ0v) is 11.1. The third kappa shape index (κ3) is 4.39. The van der Waals surface area contributed by atoms with E-state index in [1.807, 2.05) is 0 Å². The molecule has 1 N–H and O–H groups in total. The van der Waals surface area contributed by atoms with E-state index in [-0.39, 0.29) is 4.90 Å². The topological polar surface area (TPSA) is 63.2 Å². The average Bonchev–Trinajstić information content (AvgIpc) is 2.26. The fourth-order valence-corrected chi connectivity index (χ4v) is 2.05. The van der Waals surface area contributed by atoms with Gasteiger partial charge in [-0.05, 0) is 24.6 Å². The second-order valence-electron chi connectivity index (χ2n) is 3.70. The molecule has 1 aromatic carbocycles. The zero-order chi connectivity index (χ0) is 14.8. The van der Waals surface area contributed by atoms with Crippen LogP contribution >= 0.6 is 10.7 Å². The maximum Gasteiger partial charge on any atom is 0.471 e. The van der Waals surface area contributed by atoms with Crippen LogP contribution in [0.1, 0.15) is 18.5 Å². The number of alkyl halides is 3. The zero-order valence-electron chi connectivity index (χ0n) is 9.53. The Hall–Kier alpha value is -1.28. The summed E-state index contributed by atoms with van der Waals surface area (Å²) >= 11 is 0. The number of hydrogen-bond donors (Lipinski definition) is 1. The number of hydrogen-bond acceptors (Lipinski definition) is 3. The number of nitrogens with one attached hydrogen (secondary N) is 1. The van der Waals surface area contributed by atoms with Gasteiger partial charge in [0, 0.05) is 10.7 Å². The molecule has 0 heterocycles. The second-order valence-corrected chi connectivity index (χ2v) is 6.27. The van der Waals surface area contributed by atoms with E-state index in [1.54, 1.807) is 5.32 Å². The minimum absolute atomic E-state index is 0.174. The Labute approximate surface area is 112 Å². The van der Waals surface area contributed by atoms with Crippen molar-refractivity contribution in [3.63, 3.8) is 0 Å². The largest absolute Gasteiger partial charge is 0.471 e. The normalized spacial score (nSPS) is 13.9. The van der Waals surface area contributed by atoms with Crippen molar-refractivity contribution >= 4 is 25.6 Å². The Morgan fingerprint density at radius 1 is 1.26 bits per heavy atom. The molecule has 0 radical (unpaired) electrons. The Balaban J connectivity index is 2.85. The summed E-state index contributed by atoms with van der Waals surface area (Å²) < 4.78 is 58.1. The van der Waals surface area contributed by atoms with E-state index in [1.165, 1.54) is 19.1 Å². The van der Waals surface area contributed by atoms with Gasteiger partial charge in [-0.25, -0.2) is 8.42 Å². The molecule has 0 bridgehead atoms. The highest BCUT2D eigenvalue weighted by atomic mass is 35.7. The summed E-state index contributed by atoms with van der Waals surface area (Å²) in [5, 5.41) is 1.75. The van der Waals surface area contributed by atoms with Crippen LogP contribution in [0.5, 0.6) is 0 Å². The van der Waals surface area contributed by atoms with E-state index < -0.39 is 27.2 Å². The predicted molar refractivity (Wildman–Crippen MR) is 62.1 cm³/mol.